The first kappa shape index (κ1) is 21.1. The molecule has 2 aromatic rings. The van der Waals surface area contributed by atoms with Crippen molar-refractivity contribution in [3.05, 3.63) is 59.1 Å². The van der Waals surface area contributed by atoms with Crippen molar-refractivity contribution >= 4 is 33.2 Å². The number of ether oxygens (including phenoxy) is 1. The largest absolute Gasteiger partial charge is 0.484 e. The van der Waals surface area contributed by atoms with Crippen LogP contribution in [0.5, 0.6) is 5.75 Å². The molecule has 0 aliphatic heterocycles. The lowest BCUT2D eigenvalue weighted by molar-refractivity contribution is -0.123. The minimum absolute atomic E-state index is 0.0414. The zero-order valence-electron chi connectivity index (χ0n) is 15.5. The van der Waals surface area contributed by atoms with Gasteiger partial charge in [0, 0.05) is 11.1 Å². The first-order chi connectivity index (χ1) is 12.6. The van der Waals surface area contributed by atoms with Crippen LogP contribution in [0.15, 0.2) is 48.5 Å². The molecule has 1 amide bonds. The zero-order valence-corrected chi connectivity index (χ0v) is 17.0. The Morgan fingerprint density at radius 1 is 1.11 bits per heavy atom. The summed E-state index contributed by atoms with van der Waals surface area (Å²) in [6.45, 7) is 3.82. The van der Waals surface area contributed by atoms with Crippen LogP contribution >= 0.6 is 11.6 Å². The predicted octanol–water partition coefficient (Wildman–Crippen LogP) is 3.21. The number of rotatable bonds is 8. The van der Waals surface area contributed by atoms with Gasteiger partial charge in [0.25, 0.3) is 5.91 Å². The van der Waals surface area contributed by atoms with Crippen LogP contribution in [0.25, 0.3) is 0 Å². The number of hydrogen-bond acceptors (Lipinski definition) is 4. The van der Waals surface area contributed by atoms with Crippen LogP contribution in [0.3, 0.4) is 0 Å². The van der Waals surface area contributed by atoms with Gasteiger partial charge in [-0.05, 0) is 55.8 Å². The molecular weight excluding hydrogens is 388 g/mol. The highest BCUT2D eigenvalue weighted by Crippen LogP contribution is 2.24. The Labute approximate surface area is 165 Å². The van der Waals surface area contributed by atoms with Gasteiger partial charge in [-0.2, -0.15) is 0 Å². The molecule has 0 aliphatic carbocycles. The number of hydrogen-bond donors (Lipinski definition) is 1. The van der Waals surface area contributed by atoms with Crippen LogP contribution in [0.4, 0.5) is 5.69 Å². The molecule has 0 unspecified atom stereocenters. The Morgan fingerprint density at radius 3 is 2.22 bits per heavy atom. The number of halogens is 1. The summed E-state index contributed by atoms with van der Waals surface area (Å²) in [5.74, 6) is 0.271. The van der Waals surface area contributed by atoms with E-state index in [2.05, 4.69) is 5.32 Å². The molecule has 0 aromatic heterocycles. The van der Waals surface area contributed by atoms with E-state index in [4.69, 9.17) is 16.3 Å². The molecule has 0 saturated carbocycles. The fourth-order valence-corrected chi connectivity index (χ4v) is 3.39. The van der Waals surface area contributed by atoms with E-state index in [-0.39, 0.29) is 25.1 Å². The van der Waals surface area contributed by atoms with Crippen LogP contribution in [0, 0.1) is 0 Å². The van der Waals surface area contributed by atoms with Crippen molar-refractivity contribution in [2.24, 2.45) is 0 Å². The monoisotopic (exact) mass is 410 g/mol. The minimum atomic E-state index is -3.48. The van der Waals surface area contributed by atoms with Gasteiger partial charge in [0.15, 0.2) is 6.61 Å². The van der Waals surface area contributed by atoms with Crippen molar-refractivity contribution < 1.29 is 17.9 Å². The van der Waals surface area contributed by atoms with Crippen LogP contribution in [0.1, 0.15) is 19.4 Å². The van der Waals surface area contributed by atoms with Crippen molar-refractivity contribution in [3.8, 4) is 5.75 Å². The van der Waals surface area contributed by atoms with E-state index >= 15 is 0 Å². The molecule has 0 aliphatic rings. The van der Waals surface area contributed by atoms with Crippen LogP contribution in [0.2, 0.25) is 5.02 Å². The quantitative estimate of drug-likeness (QED) is 0.725. The number of carbonyl (C=O) groups excluding carboxylic acids is 1. The van der Waals surface area contributed by atoms with E-state index < -0.39 is 10.0 Å². The van der Waals surface area contributed by atoms with Crippen molar-refractivity contribution in [2.45, 2.75) is 26.4 Å². The average molecular weight is 411 g/mol. The molecular formula is C19H23ClN2O4S. The summed E-state index contributed by atoms with van der Waals surface area (Å²) in [5, 5.41) is 3.32. The number of nitrogens with zero attached hydrogens (tertiary/aromatic N) is 1. The van der Waals surface area contributed by atoms with E-state index in [1.165, 1.54) is 4.31 Å². The summed E-state index contributed by atoms with van der Waals surface area (Å²) in [7, 11) is -3.48. The summed E-state index contributed by atoms with van der Waals surface area (Å²) in [6, 6.07) is 13.6. The number of nitrogens with one attached hydrogen (secondary N) is 1. The van der Waals surface area contributed by atoms with E-state index in [1.807, 2.05) is 13.8 Å². The molecule has 0 spiro atoms. The number of anilines is 1. The molecule has 2 aromatic carbocycles. The third-order valence-corrected chi connectivity index (χ3v) is 4.98. The van der Waals surface area contributed by atoms with Gasteiger partial charge in [0.1, 0.15) is 5.75 Å². The molecule has 1 N–H and O–H groups in total. The predicted molar refractivity (Wildman–Crippen MR) is 108 cm³/mol. The van der Waals surface area contributed by atoms with Crippen molar-refractivity contribution in [1.29, 1.82) is 0 Å². The smallest absolute Gasteiger partial charge is 0.258 e. The van der Waals surface area contributed by atoms with Gasteiger partial charge in [-0.3, -0.25) is 9.10 Å². The average Bonchev–Trinajstić information content (AvgIpc) is 2.58. The normalized spacial score (nSPS) is 11.3. The van der Waals surface area contributed by atoms with E-state index in [9.17, 15) is 13.2 Å². The Bertz CT molecular complexity index is 866. The molecule has 0 atom stereocenters. The maximum absolute atomic E-state index is 12.2. The Balaban J connectivity index is 2.10. The Hall–Kier alpha value is -2.25. The molecule has 2 rings (SSSR count). The Morgan fingerprint density at radius 2 is 1.70 bits per heavy atom. The van der Waals surface area contributed by atoms with Gasteiger partial charge in [0.2, 0.25) is 10.0 Å². The number of amides is 1. The summed E-state index contributed by atoms with van der Waals surface area (Å²) >= 11 is 5.88. The second-order valence-corrected chi connectivity index (χ2v) is 8.74. The van der Waals surface area contributed by atoms with Crippen molar-refractivity contribution in [1.82, 2.24) is 5.32 Å². The summed E-state index contributed by atoms with van der Waals surface area (Å²) in [6.07, 6.45) is 1.16. The highest BCUT2D eigenvalue weighted by molar-refractivity contribution is 7.92. The fourth-order valence-electron chi connectivity index (χ4n) is 2.38. The molecule has 0 bridgehead atoms. The first-order valence-electron chi connectivity index (χ1n) is 8.39. The van der Waals surface area contributed by atoms with Gasteiger partial charge >= 0.3 is 0 Å². The summed E-state index contributed by atoms with van der Waals surface area (Å²) < 4.78 is 31.2. The third-order valence-electron chi connectivity index (χ3n) is 3.58. The van der Waals surface area contributed by atoms with Gasteiger partial charge in [-0.15, -0.1) is 0 Å². The Kier molecular flexibility index (Phi) is 7.10. The number of sulfonamides is 1. The van der Waals surface area contributed by atoms with Gasteiger partial charge in [0.05, 0.1) is 18.5 Å². The molecule has 0 saturated heterocycles. The topological polar surface area (TPSA) is 75.7 Å². The van der Waals surface area contributed by atoms with Gasteiger partial charge in [-0.1, -0.05) is 23.7 Å². The lowest BCUT2D eigenvalue weighted by Gasteiger charge is -2.23. The fraction of sp³-hybridized carbons (Fsp3) is 0.316. The molecule has 6 nitrogen and oxygen atoms in total. The first-order valence-corrected chi connectivity index (χ1v) is 10.6. The number of benzene rings is 2. The SMILES string of the molecule is CC(C)NC(=O)COc1ccc(N(Cc2ccc(Cl)cc2)S(C)(=O)=O)cc1. The van der Waals surface area contributed by atoms with Crippen LogP contribution in [-0.2, 0) is 21.4 Å². The number of carbonyl (C=O) groups is 1. The molecule has 0 heterocycles. The summed E-state index contributed by atoms with van der Waals surface area (Å²) in [4.78, 5) is 11.6. The van der Waals surface area contributed by atoms with E-state index in [1.54, 1.807) is 48.5 Å². The molecule has 27 heavy (non-hydrogen) atoms. The maximum Gasteiger partial charge on any atom is 0.258 e. The second kappa shape index (κ2) is 9.10. The molecule has 0 radical (unpaired) electrons. The van der Waals surface area contributed by atoms with Crippen LogP contribution in [-0.4, -0.2) is 33.2 Å². The molecule has 0 fully saturated rings. The van der Waals surface area contributed by atoms with Crippen molar-refractivity contribution in [3.63, 3.8) is 0 Å². The van der Waals surface area contributed by atoms with Gasteiger partial charge in [-0.25, -0.2) is 8.42 Å². The molecule has 8 heteroatoms. The second-order valence-electron chi connectivity index (χ2n) is 6.40. The minimum Gasteiger partial charge on any atom is -0.484 e. The third kappa shape index (κ3) is 6.77. The van der Waals surface area contributed by atoms with E-state index in [0.29, 0.717) is 16.5 Å². The standard InChI is InChI=1S/C19H23ClN2O4S/c1-14(2)21-19(23)13-26-18-10-8-17(9-11-18)22(27(3,24)25)12-15-4-6-16(20)7-5-15/h4-11,14H,12-13H2,1-3H3,(H,21,23). The lowest BCUT2D eigenvalue weighted by atomic mass is 10.2. The van der Waals surface area contributed by atoms with Gasteiger partial charge < -0.3 is 10.1 Å². The maximum atomic E-state index is 12.2. The molecule has 146 valence electrons. The van der Waals surface area contributed by atoms with E-state index in [0.717, 1.165) is 11.8 Å². The van der Waals surface area contributed by atoms with Crippen molar-refractivity contribution in [2.75, 3.05) is 17.2 Å². The highest BCUT2D eigenvalue weighted by atomic mass is 35.5. The zero-order chi connectivity index (χ0) is 20.0. The highest BCUT2D eigenvalue weighted by Gasteiger charge is 2.18. The van der Waals surface area contributed by atoms with Crippen LogP contribution < -0.4 is 14.4 Å². The lowest BCUT2D eigenvalue weighted by Crippen LogP contribution is -2.34. The summed E-state index contributed by atoms with van der Waals surface area (Å²) in [5.41, 5.74) is 1.32.